The minimum Gasteiger partial charge on any atom is -0.387 e. The molecule has 1 fully saturated rings. The number of halogens is 1. The Bertz CT molecular complexity index is 384. The van der Waals surface area contributed by atoms with Gasteiger partial charge in [-0.3, -0.25) is 4.98 Å². The molecule has 1 aliphatic heterocycles. The second-order valence-corrected chi connectivity index (χ2v) is 5.07. The highest BCUT2D eigenvalue weighted by atomic mass is 19.1. The van der Waals surface area contributed by atoms with Gasteiger partial charge in [-0.15, -0.1) is 0 Å². The Morgan fingerprint density at radius 2 is 2.33 bits per heavy atom. The summed E-state index contributed by atoms with van der Waals surface area (Å²) < 4.78 is 13.1. The molecule has 2 heterocycles. The van der Waals surface area contributed by atoms with Gasteiger partial charge in [-0.2, -0.15) is 0 Å². The van der Waals surface area contributed by atoms with Gasteiger partial charge < -0.3 is 10.4 Å². The fourth-order valence-corrected chi connectivity index (χ4v) is 2.70. The first-order valence-electron chi connectivity index (χ1n) is 6.75. The monoisotopic (exact) mass is 252 g/mol. The van der Waals surface area contributed by atoms with Crippen LogP contribution in [0.25, 0.3) is 0 Å². The third kappa shape index (κ3) is 3.27. The average molecular weight is 252 g/mol. The van der Waals surface area contributed by atoms with Crippen molar-refractivity contribution in [3.63, 3.8) is 0 Å². The summed E-state index contributed by atoms with van der Waals surface area (Å²) in [4.78, 5) is 3.79. The van der Waals surface area contributed by atoms with E-state index in [0.29, 0.717) is 11.6 Å². The summed E-state index contributed by atoms with van der Waals surface area (Å²) in [6, 6.07) is 1.85. The van der Waals surface area contributed by atoms with E-state index < -0.39 is 11.9 Å². The minimum absolute atomic E-state index is 0.0129. The summed E-state index contributed by atoms with van der Waals surface area (Å²) in [6.07, 6.45) is 7.50. The van der Waals surface area contributed by atoms with Crippen LogP contribution in [0.4, 0.5) is 4.39 Å². The van der Waals surface area contributed by atoms with Crippen LogP contribution < -0.4 is 5.32 Å². The Kier molecular flexibility index (Phi) is 4.66. The smallest absolute Gasteiger partial charge is 0.141 e. The molecule has 0 aliphatic carbocycles. The van der Waals surface area contributed by atoms with E-state index in [2.05, 4.69) is 17.2 Å². The molecule has 1 unspecified atom stereocenters. The number of nitrogens with one attached hydrogen (secondary N) is 1. The molecule has 100 valence electrons. The Morgan fingerprint density at radius 3 is 3.06 bits per heavy atom. The lowest BCUT2D eigenvalue weighted by molar-refractivity contribution is 0.0992. The van der Waals surface area contributed by atoms with Crippen molar-refractivity contribution in [1.29, 1.82) is 0 Å². The van der Waals surface area contributed by atoms with Crippen molar-refractivity contribution in [2.24, 2.45) is 0 Å². The third-order valence-electron chi connectivity index (χ3n) is 3.60. The zero-order chi connectivity index (χ0) is 13.0. The fourth-order valence-electron chi connectivity index (χ4n) is 2.70. The summed E-state index contributed by atoms with van der Waals surface area (Å²) in [5.74, 6) is -0.396. The van der Waals surface area contributed by atoms with Gasteiger partial charge in [0.25, 0.3) is 0 Å². The molecule has 3 atom stereocenters. The normalized spacial score (nSPS) is 25.9. The second-order valence-electron chi connectivity index (χ2n) is 5.07. The number of aliphatic hydroxyl groups excluding tert-OH is 1. The molecule has 3 nitrogen and oxygen atoms in total. The third-order valence-corrected chi connectivity index (χ3v) is 3.60. The molecule has 0 amide bonds. The highest BCUT2D eigenvalue weighted by Gasteiger charge is 2.27. The van der Waals surface area contributed by atoms with Crippen LogP contribution in [0.1, 0.15) is 50.7 Å². The molecular formula is C14H21FN2O. The maximum absolute atomic E-state index is 13.1. The van der Waals surface area contributed by atoms with E-state index >= 15 is 0 Å². The van der Waals surface area contributed by atoms with Crippen LogP contribution in [-0.4, -0.2) is 22.2 Å². The van der Waals surface area contributed by atoms with Crippen molar-refractivity contribution in [3.05, 3.63) is 29.8 Å². The predicted octanol–water partition coefficient (Wildman–Crippen LogP) is 2.56. The summed E-state index contributed by atoms with van der Waals surface area (Å²) in [7, 11) is 0. The number of nitrogens with zero attached hydrogens (tertiary/aromatic N) is 1. The van der Waals surface area contributed by atoms with Crippen molar-refractivity contribution >= 4 is 0 Å². The number of aliphatic hydroxyl groups is 1. The van der Waals surface area contributed by atoms with Crippen molar-refractivity contribution in [2.45, 2.75) is 57.2 Å². The standard InChI is InChI=1S/C14H21FN2O/c1-2-4-12-5-3-6-13(17-12)14(18)10-7-11(15)9-16-8-10/h7-9,12-14,17-18H,2-6H2,1H3/t12-,13+,14?/m0/s1. The average Bonchev–Trinajstić information content (AvgIpc) is 2.39. The molecule has 0 bridgehead atoms. The lowest BCUT2D eigenvalue weighted by atomic mass is 9.91. The van der Waals surface area contributed by atoms with Crippen molar-refractivity contribution < 1.29 is 9.50 Å². The van der Waals surface area contributed by atoms with Crippen LogP contribution in [0.3, 0.4) is 0 Å². The van der Waals surface area contributed by atoms with Crippen LogP contribution in [0.5, 0.6) is 0 Å². The lowest BCUT2D eigenvalue weighted by Gasteiger charge is -2.34. The van der Waals surface area contributed by atoms with E-state index in [1.165, 1.54) is 12.5 Å². The van der Waals surface area contributed by atoms with Crippen molar-refractivity contribution in [3.8, 4) is 0 Å². The van der Waals surface area contributed by atoms with Crippen LogP contribution in [-0.2, 0) is 0 Å². The molecule has 2 N–H and O–H groups in total. The van der Waals surface area contributed by atoms with Gasteiger partial charge in [0.2, 0.25) is 0 Å². The van der Waals surface area contributed by atoms with Crippen molar-refractivity contribution in [2.75, 3.05) is 0 Å². The molecule has 4 heteroatoms. The number of pyridine rings is 1. The van der Waals surface area contributed by atoms with Gasteiger partial charge in [-0.05, 0) is 25.3 Å². The summed E-state index contributed by atoms with van der Waals surface area (Å²) in [5.41, 5.74) is 0.560. The van der Waals surface area contributed by atoms with E-state index in [-0.39, 0.29) is 6.04 Å². The fraction of sp³-hybridized carbons (Fsp3) is 0.643. The largest absolute Gasteiger partial charge is 0.387 e. The van der Waals surface area contributed by atoms with E-state index in [0.717, 1.165) is 31.9 Å². The van der Waals surface area contributed by atoms with Gasteiger partial charge in [0.1, 0.15) is 5.82 Å². The van der Waals surface area contributed by atoms with Gasteiger partial charge in [0.15, 0.2) is 0 Å². The zero-order valence-electron chi connectivity index (χ0n) is 10.8. The number of piperidine rings is 1. The molecule has 0 aromatic carbocycles. The van der Waals surface area contributed by atoms with Gasteiger partial charge in [0, 0.05) is 23.8 Å². The number of aromatic nitrogens is 1. The number of hydrogen-bond acceptors (Lipinski definition) is 3. The van der Waals surface area contributed by atoms with E-state index in [1.807, 2.05) is 0 Å². The maximum atomic E-state index is 13.1. The molecule has 1 saturated heterocycles. The summed E-state index contributed by atoms with van der Waals surface area (Å²) in [5, 5.41) is 13.8. The molecule has 1 aromatic rings. The molecule has 1 aliphatic rings. The van der Waals surface area contributed by atoms with Gasteiger partial charge >= 0.3 is 0 Å². The first kappa shape index (κ1) is 13.4. The number of hydrogen-bond donors (Lipinski definition) is 2. The van der Waals surface area contributed by atoms with Gasteiger partial charge in [0.05, 0.1) is 12.3 Å². The Balaban J connectivity index is 2.02. The Hall–Kier alpha value is -1.00. The minimum atomic E-state index is -0.673. The van der Waals surface area contributed by atoms with Crippen LogP contribution >= 0.6 is 0 Å². The zero-order valence-corrected chi connectivity index (χ0v) is 10.8. The molecular weight excluding hydrogens is 231 g/mol. The first-order chi connectivity index (χ1) is 8.70. The second kappa shape index (κ2) is 6.25. The van der Waals surface area contributed by atoms with Crippen molar-refractivity contribution in [1.82, 2.24) is 10.3 Å². The quantitative estimate of drug-likeness (QED) is 0.865. The van der Waals surface area contributed by atoms with Gasteiger partial charge in [-0.1, -0.05) is 19.8 Å². The van der Waals surface area contributed by atoms with E-state index in [9.17, 15) is 9.50 Å². The lowest BCUT2D eigenvalue weighted by Crippen LogP contribution is -2.45. The van der Waals surface area contributed by atoms with E-state index in [1.54, 1.807) is 6.20 Å². The Morgan fingerprint density at radius 1 is 1.50 bits per heavy atom. The van der Waals surface area contributed by atoms with Gasteiger partial charge in [-0.25, -0.2) is 4.39 Å². The summed E-state index contributed by atoms with van der Waals surface area (Å²) >= 11 is 0. The molecule has 0 spiro atoms. The van der Waals surface area contributed by atoms with Crippen LogP contribution in [0, 0.1) is 5.82 Å². The van der Waals surface area contributed by atoms with Crippen LogP contribution in [0.2, 0.25) is 0 Å². The highest BCUT2D eigenvalue weighted by Crippen LogP contribution is 2.25. The maximum Gasteiger partial charge on any atom is 0.141 e. The first-order valence-corrected chi connectivity index (χ1v) is 6.75. The molecule has 1 aromatic heterocycles. The Labute approximate surface area is 107 Å². The molecule has 0 radical (unpaired) electrons. The number of rotatable bonds is 4. The molecule has 2 rings (SSSR count). The van der Waals surface area contributed by atoms with Crippen LogP contribution in [0.15, 0.2) is 18.5 Å². The summed E-state index contributed by atoms with van der Waals surface area (Å²) in [6.45, 7) is 2.16. The SMILES string of the molecule is CCC[C@H]1CCC[C@H](C(O)c2cncc(F)c2)N1. The highest BCUT2D eigenvalue weighted by molar-refractivity contribution is 5.15. The topological polar surface area (TPSA) is 45.2 Å². The molecule has 18 heavy (non-hydrogen) atoms. The van der Waals surface area contributed by atoms with E-state index in [4.69, 9.17) is 0 Å². The molecule has 0 saturated carbocycles. The predicted molar refractivity (Wildman–Crippen MR) is 68.6 cm³/mol.